The second-order valence-electron chi connectivity index (χ2n) is 4.86. The van der Waals surface area contributed by atoms with Crippen LogP contribution in [0.3, 0.4) is 0 Å². The van der Waals surface area contributed by atoms with Gasteiger partial charge in [-0.1, -0.05) is 13.3 Å². The first-order valence-corrected chi connectivity index (χ1v) is 6.76. The van der Waals surface area contributed by atoms with E-state index in [4.69, 9.17) is 5.73 Å². The highest BCUT2D eigenvalue weighted by molar-refractivity contribution is 6.11. The minimum Gasteiger partial charge on any atom is -0.399 e. The molecule has 1 amide bonds. The summed E-state index contributed by atoms with van der Waals surface area (Å²) in [6.45, 7) is 2.08. The highest BCUT2D eigenvalue weighted by Crippen LogP contribution is 2.20. The Morgan fingerprint density at radius 3 is 2.95 bits per heavy atom. The molecule has 3 rings (SSSR count). The number of aromatic nitrogens is 4. The van der Waals surface area contributed by atoms with Gasteiger partial charge in [-0.05, 0) is 24.6 Å². The van der Waals surface area contributed by atoms with Crippen molar-refractivity contribution < 1.29 is 4.79 Å². The molecule has 0 spiro atoms. The minimum atomic E-state index is -0.318. The number of carbonyl (C=O) groups excluding carboxylic acids is 1. The van der Waals surface area contributed by atoms with E-state index in [1.165, 1.54) is 0 Å². The molecule has 7 heteroatoms. The molecule has 0 aliphatic rings. The lowest BCUT2D eigenvalue weighted by molar-refractivity contribution is 0.102. The van der Waals surface area contributed by atoms with Gasteiger partial charge in [-0.2, -0.15) is 10.2 Å². The van der Waals surface area contributed by atoms with E-state index >= 15 is 0 Å². The average Bonchev–Trinajstić information content (AvgIpc) is 3.05. The predicted molar refractivity (Wildman–Crippen MR) is 81.0 cm³/mol. The highest BCUT2D eigenvalue weighted by atomic mass is 16.2. The zero-order valence-electron chi connectivity index (χ0n) is 11.6. The molecule has 0 aliphatic carbocycles. The first-order valence-electron chi connectivity index (χ1n) is 6.76. The van der Waals surface area contributed by atoms with Crippen molar-refractivity contribution >= 4 is 28.3 Å². The van der Waals surface area contributed by atoms with Crippen molar-refractivity contribution in [2.24, 2.45) is 0 Å². The van der Waals surface area contributed by atoms with E-state index < -0.39 is 0 Å². The number of carbonyl (C=O) groups is 1. The minimum absolute atomic E-state index is 0.303. The highest BCUT2D eigenvalue weighted by Gasteiger charge is 2.15. The van der Waals surface area contributed by atoms with Crippen LogP contribution in [-0.4, -0.2) is 26.3 Å². The fourth-order valence-electron chi connectivity index (χ4n) is 2.20. The van der Waals surface area contributed by atoms with Crippen LogP contribution < -0.4 is 11.1 Å². The second kappa shape index (κ2) is 5.28. The number of benzene rings is 1. The van der Waals surface area contributed by atoms with E-state index in [0.29, 0.717) is 22.6 Å². The quantitative estimate of drug-likeness (QED) is 0.549. The summed E-state index contributed by atoms with van der Waals surface area (Å²) in [5, 5.41) is 17.2. The Morgan fingerprint density at radius 1 is 1.29 bits per heavy atom. The molecule has 0 radical (unpaired) electrons. The number of fused-ring (bicyclic) bond motifs is 1. The van der Waals surface area contributed by atoms with Crippen LogP contribution in [0.4, 0.5) is 11.5 Å². The molecule has 0 atom stereocenters. The number of nitrogens with two attached hydrogens (primary N) is 1. The summed E-state index contributed by atoms with van der Waals surface area (Å²) in [5.41, 5.74) is 8.40. The topological polar surface area (TPSA) is 112 Å². The summed E-state index contributed by atoms with van der Waals surface area (Å²) < 4.78 is 0. The fourth-order valence-corrected chi connectivity index (χ4v) is 2.20. The Hall–Kier alpha value is -2.83. The molecule has 3 aromatic rings. The van der Waals surface area contributed by atoms with E-state index in [9.17, 15) is 4.79 Å². The number of anilines is 2. The smallest absolute Gasteiger partial charge is 0.278 e. The number of hydrogen-bond acceptors (Lipinski definition) is 4. The molecule has 108 valence electrons. The number of nitrogens with zero attached hydrogens (tertiary/aromatic N) is 2. The summed E-state index contributed by atoms with van der Waals surface area (Å²) in [4.78, 5) is 12.3. The third-order valence-corrected chi connectivity index (χ3v) is 3.19. The summed E-state index contributed by atoms with van der Waals surface area (Å²) in [7, 11) is 0. The average molecular weight is 284 g/mol. The Labute approximate surface area is 120 Å². The van der Waals surface area contributed by atoms with Gasteiger partial charge in [0.1, 0.15) is 0 Å². The number of hydrogen-bond donors (Lipinski definition) is 4. The maximum Gasteiger partial charge on any atom is 0.278 e. The molecule has 0 bridgehead atoms. The molecule has 2 aromatic heterocycles. The molecule has 1 aromatic carbocycles. The normalized spacial score (nSPS) is 10.9. The first-order chi connectivity index (χ1) is 10.2. The summed E-state index contributed by atoms with van der Waals surface area (Å²) >= 11 is 0. The van der Waals surface area contributed by atoms with Crippen molar-refractivity contribution in [3.05, 3.63) is 35.7 Å². The van der Waals surface area contributed by atoms with Gasteiger partial charge in [0.05, 0.1) is 5.52 Å². The lowest BCUT2D eigenvalue weighted by atomic mass is 10.2. The second-order valence-corrected chi connectivity index (χ2v) is 4.86. The van der Waals surface area contributed by atoms with Gasteiger partial charge in [0.25, 0.3) is 5.91 Å². The van der Waals surface area contributed by atoms with Gasteiger partial charge in [-0.25, -0.2) is 0 Å². The molecule has 2 heterocycles. The number of H-pyrrole nitrogens is 2. The zero-order chi connectivity index (χ0) is 14.8. The fraction of sp³-hybridized carbons (Fsp3) is 0.214. The first kappa shape index (κ1) is 13.2. The molecule has 0 saturated heterocycles. The number of aromatic amines is 2. The molecule has 5 N–H and O–H groups in total. The van der Waals surface area contributed by atoms with Crippen LogP contribution in [-0.2, 0) is 6.42 Å². The van der Waals surface area contributed by atoms with E-state index in [1.807, 2.05) is 6.07 Å². The van der Waals surface area contributed by atoms with Crippen molar-refractivity contribution in [2.45, 2.75) is 19.8 Å². The Balaban J connectivity index is 1.84. The number of amides is 1. The van der Waals surface area contributed by atoms with Crippen LogP contribution in [0.2, 0.25) is 0 Å². The summed E-state index contributed by atoms with van der Waals surface area (Å²) in [5.74, 6) is 0.171. The number of nitrogens with one attached hydrogen (secondary N) is 3. The van der Waals surface area contributed by atoms with Crippen LogP contribution >= 0.6 is 0 Å². The molecule has 0 unspecified atom stereocenters. The van der Waals surface area contributed by atoms with Crippen LogP contribution in [0.1, 0.15) is 29.5 Å². The molecule has 0 fully saturated rings. The van der Waals surface area contributed by atoms with Crippen molar-refractivity contribution in [1.82, 2.24) is 20.4 Å². The lowest BCUT2D eigenvalue weighted by Crippen LogP contribution is -2.13. The lowest BCUT2D eigenvalue weighted by Gasteiger charge is -1.99. The number of aryl methyl sites for hydroxylation is 1. The van der Waals surface area contributed by atoms with Gasteiger partial charge in [-0.15, -0.1) is 0 Å². The SMILES string of the molecule is CCCc1cc(NC(=O)c2n[nH]c3ccc(N)cc23)n[nH]1. The third-order valence-electron chi connectivity index (χ3n) is 3.19. The summed E-state index contributed by atoms with van der Waals surface area (Å²) in [6, 6.07) is 7.10. The summed E-state index contributed by atoms with van der Waals surface area (Å²) in [6.07, 6.45) is 1.91. The Bertz CT molecular complexity index is 788. The van der Waals surface area contributed by atoms with Gasteiger partial charge in [0.15, 0.2) is 11.5 Å². The van der Waals surface area contributed by atoms with Crippen molar-refractivity contribution in [3.8, 4) is 0 Å². The van der Waals surface area contributed by atoms with E-state index in [0.717, 1.165) is 24.1 Å². The molecule has 0 saturated carbocycles. The van der Waals surface area contributed by atoms with E-state index in [1.54, 1.807) is 18.2 Å². The van der Waals surface area contributed by atoms with Crippen molar-refractivity contribution in [2.75, 3.05) is 11.1 Å². The standard InChI is InChI=1S/C14H16N6O/c1-2-3-9-7-12(19-17-9)16-14(21)13-10-6-8(15)4-5-11(10)18-20-13/h4-7H,2-3,15H2,1H3,(H,18,20)(H2,16,17,19,21). The molecular weight excluding hydrogens is 268 g/mol. The van der Waals surface area contributed by atoms with Gasteiger partial charge < -0.3 is 11.1 Å². The van der Waals surface area contributed by atoms with E-state index in [2.05, 4.69) is 32.6 Å². The largest absolute Gasteiger partial charge is 0.399 e. The maximum absolute atomic E-state index is 12.3. The van der Waals surface area contributed by atoms with Gasteiger partial charge in [0.2, 0.25) is 0 Å². The van der Waals surface area contributed by atoms with Crippen LogP contribution in [0.5, 0.6) is 0 Å². The molecule has 7 nitrogen and oxygen atoms in total. The zero-order valence-corrected chi connectivity index (χ0v) is 11.6. The monoisotopic (exact) mass is 284 g/mol. The predicted octanol–water partition coefficient (Wildman–Crippen LogP) is 2.07. The van der Waals surface area contributed by atoms with E-state index in [-0.39, 0.29) is 5.91 Å². The van der Waals surface area contributed by atoms with Crippen molar-refractivity contribution in [1.29, 1.82) is 0 Å². The Morgan fingerprint density at radius 2 is 2.14 bits per heavy atom. The third kappa shape index (κ3) is 2.58. The van der Waals surface area contributed by atoms with Gasteiger partial charge in [0, 0.05) is 22.8 Å². The molecule has 0 aliphatic heterocycles. The van der Waals surface area contributed by atoms with Crippen LogP contribution in [0.15, 0.2) is 24.3 Å². The maximum atomic E-state index is 12.3. The number of rotatable bonds is 4. The van der Waals surface area contributed by atoms with Crippen molar-refractivity contribution in [3.63, 3.8) is 0 Å². The van der Waals surface area contributed by atoms with Crippen LogP contribution in [0, 0.1) is 0 Å². The van der Waals surface area contributed by atoms with Crippen LogP contribution in [0.25, 0.3) is 10.9 Å². The van der Waals surface area contributed by atoms with Gasteiger partial charge >= 0.3 is 0 Å². The Kier molecular flexibility index (Phi) is 3.31. The number of nitrogen functional groups attached to an aromatic ring is 1. The molecular formula is C14H16N6O. The van der Waals surface area contributed by atoms with Gasteiger partial charge in [-0.3, -0.25) is 15.0 Å². The molecule has 21 heavy (non-hydrogen) atoms.